The number of aromatic nitrogens is 2. The van der Waals surface area contributed by atoms with Gasteiger partial charge in [-0.1, -0.05) is 15.9 Å². The molecule has 0 amide bonds. The summed E-state index contributed by atoms with van der Waals surface area (Å²) in [6.07, 6.45) is 2.34. The predicted octanol–water partition coefficient (Wildman–Crippen LogP) is 2.56. The number of nitrogens with zero attached hydrogens (tertiary/aromatic N) is 2. The largest absolute Gasteiger partial charge is 0.381 e. The predicted molar refractivity (Wildman–Crippen MR) is 79.1 cm³/mol. The molecule has 0 unspecified atom stereocenters. The molecular weight excluding hydrogens is 308 g/mol. The number of methoxy groups -OCH3 is 1. The van der Waals surface area contributed by atoms with Crippen LogP contribution < -0.4 is 11.1 Å². The van der Waals surface area contributed by atoms with E-state index in [1.807, 2.05) is 18.2 Å². The second-order valence-electron chi connectivity index (χ2n) is 4.79. The average molecular weight is 323 g/mol. The molecule has 3 N–H and O–H groups in total. The molecule has 19 heavy (non-hydrogen) atoms. The molecule has 0 saturated heterocycles. The molecule has 6 heteroatoms. The van der Waals surface area contributed by atoms with Crippen LogP contribution in [0.3, 0.4) is 0 Å². The fourth-order valence-corrected chi connectivity index (χ4v) is 2.68. The summed E-state index contributed by atoms with van der Waals surface area (Å²) in [5.41, 5.74) is 7.65. The molecule has 0 spiro atoms. The van der Waals surface area contributed by atoms with Crippen molar-refractivity contribution < 1.29 is 4.74 Å². The summed E-state index contributed by atoms with van der Waals surface area (Å²) >= 11 is 3.47. The SMILES string of the molecule is COC1CC(Nc2c(N)nnc3ccc(Br)cc23)C1. The molecule has 1 aliphatic carbocycles. The Morgan fingerprint density at radius 2 is 2.16 bits per heavy atom. The van der Waals surface area contributed by atoms with E-state index >= 15 is 0 Å². The van der Waals surface area contributed by atoms with Gasteiger partial charge in [-0.15, -0.1) is 10.2 Å². The van der Waals surface area contributed by atoms with E-state index in [1.165, 1.54) is 0 Å². The number of ether oxygens (including phenoxy) is 1. The third-order valence-corrected chi connectivity index (χ3v) is 4.02. The highest BCUT2D eigenvalue weighted by atomic mass is 79.9. The molecular formula is C13H15BrN4O. The summed E-state index contributed by atoms with van der Waals surface area (Å²) in [6.45, 7) is 0. The molecule has 0 bridgehead atoms. The molecule has 3 rings (SSSR count). The Hall–Kier alpha value is -1.40. The van der Waals surface area contributed by atoms with E-state index in [9.17, 15) is 0 Å². The van der Waals surface area contributed by atoms with E-state index in [4.69, 9.17) is 10.5 Å². The Bertz CT molecular complexity index is 608. The summed E-state index contributed by atoms with van der Waals surface area (Å²) < 4.78 is 6.28. The number of nitrogens with one attached hydrogen (secondary N) is 1. The smallest absolute Gasteiger partial charge is 0.170 e. The lowest BCUT2D eigenvalue weighted by atomic mass is 9.89. The maximum absolute atomic E-state index is 5.95. The number of hydrogen-bond donors (Lipinski definition) is 2. The fourth-order valence-electron chi connectivity index (χ4n) is 2.32. The van der Waals surface area contributed by atoms with Crippen molar-refractivity contribution in [3.63, 3.8) is 0 Å². The maximum atomic E-state index is 5.95. The fraction of sp³-hybridized carbons (Fsp3) is 0.385. The van der Waals surface area contributed by atoms with Crippen molar-refractivity contribution in [2.24, 2.45) is 0 Å². The number of anilines is 2. The lowest BCUT2D eigenvalue weighted by molar-refractivity contribution is 0.0329. The normalized spacial score (nSPS) is 22.2. The zero-order valence-corrected chi connectivity index (χ0v) is 12.1. The van der Waals surface area contributed by atoms with Gasteiger partial charge in [0.2, 0.25) is 0 Å². The van der Waals surface area contributed by atoms with Crippen LogP contribution in [0.5, 0.6) is 0 Å². The molecule has 1 aliphatic rings. The highest BCUT2D eigenvalue weighted by Crippen LogP contribution is 2.33. The lowest BCUT2D eigenvalue weighted by Crippen LogP contribution is -2.40. The van der Waals surface area contributed by atoms with Gasteiger partial charge in [0.15, 0.2) is 5.82 Å². The van der Waals surface area contributed by atoms with Gasteiger partial charge in [0.1, 0.15) is 0 Å². The van der Waals surface area contributed by atoms with Crippen LogP contribution in [-0.2, 0) is 4.74 Å². The molecule has 0 atom stereocenters. The molecule has 1 heterocycles. The standard InChI is InChI=1S/C13H15BrN4O/c1-19-9-5-8(6-9)16-12-10-4-7(14)2-3-11(10)17-18-13(12)15/h2-4,8-9H,5-6H2,1H3,(H2,15,18)(H,16,17). The van der Waals surface area contributed by atoms with Gasteiger partial charge in [-0.2, -0.15) is 0 Å². The van der Waals surface area contributed by atoms with E-state index in [2.05, 4.69) is 31.4 Å². The Labute approximate surface area is 119 Å². The molecule has 1 aromatic carbocycles. The van der Waals surface area contributed by atoms with Gasteiger partial charge in [-0.25, -0.2) is 0 Å². The quantitative estimate of drug-likeness (QED) is 0.908. The average Bonchev–Trinajstić information content (AvgIpc) is 2.35. The van der Waals surface area contributed by atoms with E-state index in [-0.39, 0.29) is 0 Å². The first-order valence-electron chi connectivity index (χ1n) is 6.18. The minimum atomic E-state index is 0.353. The van der Waals surface area contributed by atoms with Gasteiger partial charge in [-0.3, -0.25) is 0 Å². The summed E-state index contributed by atoms with van der Waals surface area (Å²) in [6, 6.07) is 6.27. The minimum absolute atomic E-state index is 0.353. The first-order valence-corrected chi connectivity index (χ1v) is 6.97. The second-order valence-corrected chi connectivity index (χ2v) is 5.71. The van der Waals surface area contributed by atoms with Gasteiger partial charge < -0.3 is 15.8 Å². The van der Waals surface area contributed by atoms with E-state index < -0.39 is 0 Å². The zero-order chi connectivity index (χ0) is 13.4. The Kier molecular flexibility index (Phi) is 3.28. The molecule has 0 radical (unpaired) electrons. The van der Waals surface area contributed by atoms with Crippen LogP contribution >= 0.6 is 15.9 Å². The van der Waals surface area contributed by atoms with Gasteiger partial charge in [0.25, 0.3) is 0 Å². The van der Waals surface area contributed by atoms with Crippen molar-refractivity contribution in [2.45, 2.75) is 25.0 Å². The monoisotopic (exact) mass is 322 g/mol. The number of benzene rings is 1. The van der Waals surface area contributed by atoms with Crippen LogP contribution in [0.1, 0.15) is 12.8 Å². The number of hydrogen-bond acceptors (Lipinski definition) is 5. The van der Waals surface area contributed by atoms with Crippen molar-refractivity contribution in [1.82, 2.24) is 10.2 Å². The third-order valence-electron chi connectivity index (χ3n) is 3.53. The van der Waals surface area contributed by atoms with Crippen LogP contribution in [0.15, 0.2) is 22.7 Å². The number of rotatable bonds is 3. The highest BCUT2D eigenvalue weighted by Gasteiger charge is 2.29. The summed E-state index contributed by atoms with van der Waals surface area (Å²) in [4.78, 5) is 0. The molecule has 100 valence electrons. The molecule has 1 aromatic heterocycles. The maximum Gasteiger partial charge on any atom is 0.170 e. The van der Waals surface area contributed by atoms with Crippen LogP contribution in [0.2, 0.25) is 0 Å². The zero-order valence-electron chi connectivity index (χ0n) is 10.6. The van der Waals surface area contributed by atoms with Crippen LogP contribution in [-0.4, -0.2) is 29.5 Å². The van der Waals surface area contributed by atoms with Gasteiger partial charge in [-0.05, 0) is 31.0 Å². The minimum Gasteiger partial charge on any atom is -0.381 e. The molecule has 1 fully saturated rings. The lowest BCUT2D eigenvalue weighted by Gasteiger charge is -2.35. The van der Waals surface area contributed by atoms with Crippen molar-refractivity contribution >= 4 is 38.3 Å². The van der Waals surface area contributed by atoms with Gasteiger partial charge in [0, 0.05) is 23.0 Å². The number of fused-ring (bicyclic) bond motifs is 1. The highest BCUT2D eigenvalue weighted by molar-refractivity contribution is 9.10. The van der Waals surface area contributed by atoms with Crippen LogP contribution in [0, 0.1) is 0 Å². The van der Waals surface area contributed by atoms with Gasteiger partial charge >= 0.3 is 0 Å². The molecule has 0 aliphatic heterocycles. The number of nitrogen functional groups attached to an aromatic ring is 1. The first kappa shape index (κ1) is 12.6. The van der Waals surface area contributed by atoms with Crippen molar-refractivity contribution in [2.75, 3.05) is 18.2 Å². The van der Waals surface area contributed by atoms with E-state index in [0.29, 0.717) is 18.0 Å². The molecule has 5 nitrogen and oxygen atoms in total. The van der Waals surface area contributed by atoms with E-state index in [1.54, 1.807) is 7.11 Å². The van der Waals surface area contributed by atoms with Crippen LogP contribution in [0.25, 0.3) is 10.9 Å². The molecule has 1 saturated carbocycles. The Balaban J connectivity index is 1.93. The topological polar surface area (TPSA) is 73.1 Å². The summed E-state index contributed by atoms with van der Waals surface area (Å²) in [7, 11) is 1.75. The van der Waals surface area contributed by atoms with Gasteiger partial charge in [0.05, 0.1) is 17.3 Å². The van der Waals surface area contributed by atoms with E-state index in [0.717, 1.165) is 33.9 Å². The van der Waals surface area contributed by atoms with Crippen molar-refractivity contribution in [3.05, 3.63) is 22.7 Å². The van der Waals surface area contributed by atoms with Crippen molar-refractivity contribution in [1.29, 1.82) is 0 Å². The summed E-state index contributed by atoms with van der Waals surface area (Å²) in [5, 5.41) is 12.6. The number of nitrogens with two attached hydrogens (primary N) is 1. The molecule has 2 aromatic rings. The van der Waals surface area contributed by atoms with Crippen molar-refractivity contribution in [3.8, 4) is 0 Å². The Morgan fingerprint density at radius 3 is 2.89 bits per heavy atom. The second kappa shape index (κ2) is 4.94. The third kappa shape index (κ3) is 2.37. The Morgan fingerprint density at radius 1 is 1.37 bits per heavy atom. The first-order chi connectivity index (χ1) is 9.17. The summed E-state index contributed by atoms with van der Waals surface area (Å²) in [5.74, 6) is 0.437. The van der Waals surface area contributed by atoms with Crippen LogP contribution in [0.4, 0.5) is 11.5 Å². The number of halogens is 1.